The van der Waals surface area contributed by atoms with Gasteiger partial charge in [0.05, 0.1) is 23.7 Å². The summed E-state index contributed by atoms with van der Waals surface area (Å²) in [4.78, 5) is 47.9. The first kappa shape index (κ1) is 17.9. The van der Waals surface area contributed by atoms with Crippen LogP contribution in [-0.2, 0) is 24.6 Å². The predicted molar refractivity (Wildman–Crippen MR) is 85.3 cm³/mol. The first-order valence-electron chi connectivity index (χ1n) is 8.20. The van der Waals surface area contributed by atoms with Crippen LogP contribution in [0.4, 0.5) is 0 Å². The summed E-state index contributed by atoms with van der Waals surface area (Å²) in [6.07, 6.45) is 0.263. The van der Waals surface area contributed by atoms with E-state index in [2.05, 4.69) is 0 Å². The van der Waals surface area contributed by atoms with Gasteiger partial charge in [-0.25, -0.2) is 0 Å². The van der Waals surface area contributed by atoms with E-state index in [1.54, 1.807) is 30.3 Å². The lowest BCUT2D eigenvalue weighted by Crippen LogP contribution is -2.67. The van der Waals surface area contributed by atoms with Crippen molar-refractivity contribution in [1.29, 1.82) is 0 Å². The topological polar surface area (TPSA) is 149 Å². The molecule has 26 heavy (non-hydrogen) atoms. The molecule has 0 saturated heterocycles. The van der Waals surface area contributed by atoms with Crippen LogP contribution in [0.2, 0.25) is 0 Å². The number of carboxylic acids is 4. The van der Waals surface area contributed by atoms with Gasteiger partial charge in [-0.15, -0.1) is 0 Å². The van der Waals surface area contributed by atoms with Gasteiger partial charge in [-0.2, -0.15) is 0 Å². The summed E-state index contributed by atoms with van der Waals surface area (Å²) >= 11 is 0. The average molecular weight is 362 g/mol. The second-order valence-electron chi connectivity index (χ2n) is 6.97. The van der Waals surface area contributed by atoms with Crippen molar-refractivity contribution in [2.24, 2.45) is 29.6 Å². The summed E-state index contributed by atoms with van der Waals surface area (Å²) in [5.74, 6) is -12.6. The van der Waals surface area contributed by atoms with Gasteiger partial charge in [0.25, 0.3) is 0 Å². The molecule has 0 aromatic heterocycles. The molecule has 0 spiro atoms. The second kappa shape index (κ2) is 6.12. The number of hydrogen-bond donors (Lipinski definition) is 4. The Morgan fingerprint density at radius 1 is 0.769 bits per heavy atom. The molecule has 2 bridgehead atoms. The molecule has 1 aromatic carbocycles. The fraction of sp³-hybridized carbons (Fsp3) is 0.444. The van der Waals surface area contributed by atoms with Crippen molar-refractivity contribution in [3.8, 4) is 0 Å². The van der Waals surface area contributed by atoms with E-state index in [0.717, 1.165) is 0 Å². The number of hydrogen-bond acceptors (Lipinski definition) is 4. The number of carbonyl (C=O) groups is 4. The Balaban J connectivity index is 2.34. The van der Waals surface area contributed by atoms with Crippen molar-refractivity contribution in [3.63, 3.8) is 0 Å². The lowest BCUT2D eigenvalue weighted by atomic mass is 9.41. The summed E-state index contributed by atoms with van der Waals surface area (Å²) in [5.41, 5.74) is -1.24. The lowest BCUT2D eigenvalue weighted by Gasteiger charge is -2.59. The van der Waals surface area contributed by atoms with Crippen LogP contribution < -0.4 is 0 Å². The van der Waals surface area contributed by atoms with Crippen LogP contribution in [0.5, 0.6) is 0 Å². The first-order valence-corrected chi connectivity index (χ1v) is 8.20. The first-order chi connectivity index (χ1) is 12.2. The Morgan fingerprint density at radius 2 is 1.23 bits per heavy atom. The zero-order valence-corrected chi connectivity index (χ0v) is 13.6. The molecule has 3 aliphatic carbocycles. The number of aliphatic carboxylic acids is 4. The molecule has 0 amide bonds. The monoisotopic (exact) mass is 362 g/mol. The third kappa shape index (κ3) is 2.28. The maximum Gasteiger partial charge on any atom is 0.308 e. The number of carboxylic acid groups (broad SMARTS) is 4. The van der Waals surface area contributed by atoms with Gasteiger partial charge in [0.2, 0.25) is 0 Å². The number of rotatable bonds is 5. The Labute approximate surface area is 148 Å². The highest BCUT2D eigenvalue weighted by molar-refractivity contribution is 5.89. The highest BCUT2D eigenvalue weighted by Gasteiger charge is 2.70. The van der Waals surface area contributed by atoms with E-state index in [4.69, 9.17) is 0 Å². The number of fused-ring (bicyclic) bond motifs is 3. The Kier molecular flexibility index (Phi) is 4.21. The van der Waals surface area contributed by atoms with E-state index < -0.39 is 58.9 Å². The zero-order valence-electron chi connectivity index (χ0n) is 13.6. The van der Waals surface area contributed by atoms with Crippen LogP contribution in [0.25, 0.3) is 0 Å². The van der Waals surface area contributed by atoms with Crippen molar-refractivity contribution >= 4 is 23.9 Å². The highest BCUT2D eigenvalue weighted by Crippen LogP contribution is 2.63. The maximum atomic E-state index is 12.1. The van der Waals surface area contributed by atoms with Gasteiger partial charge < -0.3 is 20.4 Å². The van der Waals surface area contributed by atoms with Crippen LogP contribution in [-0.4, -0.2) is 44.3 Å². The van der Waals surface area contributed by atoms with Crippen molar-refractivity contribution in [2.45, 2.75) is 18.3 Å². The minimum absolute atomic E-state index is 0.114. The van der Waals surface area contributed by atoms with E-state index in [9.17, 15) is 39.6 Å². The lowest BCUT2D eigenvalue weighted by molar-refractivity contribution is -0.195. The third-order valence-electron chi connectivity index (χ3n) is 6.06. The molecule has 0 aliphatic heterocycles. The van der Waals surface area contributed by atoms with Crippen molar-refractivity contribution < 1.29 is 39.6 Å². The van der Waals surface area contributed by atoms with Crippen molar-refractivity contribution in [3.05, 3.63) is 35.9 Å². The molecule has 0 radical (unpaired) electrons. The largest absolute Gasteiger partial charge is 0.481 e. The standard InChI is InChI=1S/C18H18O8/c19-14(20)10-9-6-7-18(12(10)16(23)24,8-4-2-1-3-5-8)13(17(25)26)11(9)15(21)22/h1-5,9-13H,6-7H2,(H,19,20)(H,21,22)(H,23,24)(H,25,26)/t9?,10-,11+,12-,13-,18?/m1/s1. The van der Waals surface area contributed by atoms with Crippen molar-refractivity contribution in [1.82, 2.24) is 0 Å². The Bertz CT molecular complexity index is 731. The van der Waals surface area contributed by atoms with Crippen LogP contribution >= 0.6 is 0 Å². The summed E-state index contributed by atoms with van der Waals surface area (Å²) < 4.78 is 0. The van der Waals surface area contributed by atoms with Gasteiger partial charge in [-0.05, 0) is 24.3 Å². The molecule has 8 heteroatoms. The molecular weight excluding hydrogens is 344 g/mol. The molecular formula is C18H18O8. The molecule has 0 heterocycles. The van der Waals surface area contributed by atoms with Gasteiger partial charge in [0.15, 0.2) is 0 Å². The highest BCUT2D eigenvalue weighted by atomic mass is 16.4. The van der Waals surface area contributed by atoms with E-state index in [1.807, 2.05) is 0 Å². The minimum Gasteiger partial charge on any atom is -0.481 e. The van der Waals surface area contributed by atoms with Crippen molar-refractivity contribution in [2.75, 3.05) is 0 Å². The van der Waals surface area contributed by atoms with Gasteiger partial charge >= 0.3 is 23.9 Å². The SMILES string of the molecule is O=C(O)[C@@H]1C2CCC(c3ccccc3)([C@H]1C(=O)O)[C@@H](C(=O)O)[C@H]2C(=O)O. The van der Waals surface area contributed by atoms with E-state index in [0.29, 0.717) is 5.56 Å². The molecule has 2 unspecified atom stereocenters. The molecule has 4 N–H and O–H groups in total. The summed E-state index contributed by atoms with van der Waals surface area (Å²) in [7, 11) is 0. The van der Waals surface area contributed by atoms with Gasteiger partial charge in [-0.3, -0.25) is 19.2 Å². The molecule has 6 atom stereocenters. The van der Waals surface area contributed by atoms with Gasteiger partial charge in [0, 0.05) is 5.41 Å². The van der Waals surface area contributed by atoms with E-state index in [-0.39, 0.29) is 12.8 Å². The van der Waals surface area contributed by atoms with E-state index >= 15 is 0 Å². The maximum absolute atomic E-state index is 12.1. The van der Waals surface area contributed by atoms with E-state index in [1.165, 1.54) is 0 Å². The average Bonchev–Trinajstić information content (AvgIpc) is 2.60. The zero-order chi connectivity index (χ0) is 19.2. The predicted octanol–water partition coefficient (Wildman–Crippen LogP) is 1.15. The molecule has 138 valence electrons. The van der Waals surface area contributed by atoms with Crippen LogP contribution in [0, 0.1) is 29.6 Å². The molecule has 3 aliphatic rings. The summed E-state index contributed by atoms with van der Waals surface area (Å²) in [6.45, 7) is 0. The molecule has 3 fully saturated rings. The van der Waals surface area contributed by atoms with Gasteiger partial charge in [-0.1, -0.05) is 30.3 Å². The molecule has 1 aromatic rings. The number of benzene rings is 1. The normalized spacial score (nSPS) is 35.6. The smallest absolute Gasteiger partial charge is 0.308 e. The third-order valence-corrected chi connectivity index (χ3v) is 6.06. The van der Waals surface area contributed by atoms with Gasteiger partial charge in [0.1, 0.15) is 0 Å². The van der Waals surface area contributed by atoms with Crippen LogP contribution in [0.3, 0.4) is 0 Å². The minimum atomic E-state index is -1.60. The molecule has 8 nitrogen and oxygen atoms in total. The summed E-state index contributed by atoms with van der Waals surface area (Å²) in [6, 6.07) is 7.98. The molecule has 3 saturated carbocycles. The Morgan fingerprint density at radius 3 is 1.62 bits per heavy atom. The molecule has 4 rings (SSSR count). The van der Waals surface area contributed by atoms with Crippen LogP contribution in [0.1, 0.15) is 18.4 Å². The second-order valence-corrected chi connectivity index (χ2v) is 6.97. The fourth-order valence-corrected chi connectivity index (χ4v) is 5.28. The Hall–Kier alpha value is -2.90. The summed E-state index contributed by atoms with van der Waals surface area (Å²) in [5, 5.41) is 39.0. The fourth-order valence-electron chi connectivity index (χ4n) is 5.28. The quantitative estimate of drug-likeness (QED) is 0.609. The van der Waals surface area contributed by atoms with Crippen LogP contribution in [0.15, 0.2) is 30.3 Å².